The lowest BCUT2D eigenvalue weighted by molar-refractivity contribution is -0.0675. The van der Waals surface area contributed by atoms with E-state index in [2.05, 4.69) is 0 Å². The van der Waals surface area contributed by atoms with Crippen LogP contribution in [-0.2, 0) is 4.74 Å². The first-order chi connectivity index (χ1) is 10.1. The van der Waals surface area contributed by atoms with Crippen LogP contribution in [0.1, 0.15) is 45.4 Å². The van der Waals surface area contributed by atoms with Crippen LogP contribution in [0.15, 0.2) is 0 Å². The summed E-state index contributed by atoms with van der Waals surface area (Å²) in [6.45, 7) is 2.31. The summed E-state index contributed by atoms with van der Waals surface area (Å²) < 4.78 is 48.1. The Morgan fingerprint density at radius 3 is 2.33 bits per heavy atom. The lowest BCUT2D eigenvalue weighted by Crippen LogP contribution is -2.46. The first kappa shape index (κ1) is 17.1. The monoisotopic (exact) mass is 308 g/mol. The van der Waals surface area contributed by atoms with Crippen molar-refractivity contribution >= 4 is 0 Å². The summed E-state index contributed by atoms with van der Waals surface area (Å²) in [4.78, 5) is 0. The second kappa shape index (κ2) is 7.82. The van der Waals surface area contributed by atoms with Crippen LogP contribution in [-0.4, -0.2) is 42.9 Å². The zero-order chi connectivity index (χ0) is 15.4. The van der Waals surface area contributed by atoms with Gasteiger partial charge in [-0.05, 0) is 43.9 Å². The quantitative estimate of drug-likeness (QED) is 0.840. The molecule has 0 aromatic heterocycles. The Morgan fingerprint density at radius 2 is 1.71 bits per heavy atom. The Bertz CT molecular complexity index is 316. The van der Waals surface area contributed by atoms with E-state index in [0.717, 1.165) is 12.8 Å². The highest BCUT2D eigenvalue weighted by molar-refractivity contribution is 4.95. The second-order valence-corrected chi connectivity index (χ2v) is 6.56. The van der Waals surface area contributed by atoms with Crippen LogP contribution >= 0.6 is 0 Å². The number of aliphatic hydroxyl groups is 1. The summed E-state index contributed by atoms with van der Waals surface area (Å²) in [6.07, 6.45) is -1.08. The molecule has 124 valence electrons. The van der Waals surface area contributed by atoms with Crippen molar-refractivity contribution in [3.63, 3.8) is 0 Å². The molecule has 0 aliphatic heterocycles. The maximum Gasteiger partial charge on any atom is 0.136 e. The SMILES string of the molecule is CCCOC1CCC(C2CCC(CO)C(F)C2F)C(F)C1. The van der Waals surface area contributed by atoms with Gasteiger partial charge in [-0.3, -0.25) is 0 Å². The van der Waals surface area contributed by atoms with Gasteiger partial charge >= 0.3 is 0 Å². The van der Waals surface area contributed by atoms with Gasteiger partial charge in [-0.15, -0.1) is 0 Å². The highest BCUT2D eigenvalue weighted by atomic mass is 19.2. The van der Waals surface area contributed by atoms with Crippen LogP contribution in [0.5, 0.6) is 0 Å². The van der Waals surface area contributed by atoms with Crippen molar-refractivity contribution in [1.82, 2.24) is 0 Å². The van der Waals surface area contributed by atoms with Crippen LogP contribution in [0.25, 0.3) is 0 Å². The number of rotatable bonds is 5. The van der Waals surface area contributed by atoms with Gasteiger partial charge in [0.25, 0.3) is 0 Å². The first-order valence-corrected chi connectivity index (χ1v) is 8.23. The minimum Gasteiger partial charge on any atom is -0.396 e. The third kappa shape index (κ3) is 3.92. The van der Waals surface area contributed by atoms with Crippen molar-refractivity contribution in [2.75, 3.05) is 13.2 Å². The van der Waals surface area contributed by atoms with Gasteiger partial charge < -0.3 is 9.84 Å². The van der Waals surface area contributed by atoms with Crippen LogP contribution in [0, 0.1) is 17.8 Å². The molecule has 2 nitrogen and oxygen atoms in total. The molecule has 21 heavy (non-hydrogen) atoms. The lowest BCUT2D eigenvalue weighted by Gasteiger charge is -2.42. The fourth-order valence-corrected chi connectivity index (χ4v) is 3.88. The normalized spacial score (nSPS) is 44.7. The molecule has 2 rings (SSSR count). The van der Waals surface area contributed by atoms with Crippen molar-refractivity contribution in [1.29, 1.82) is 0 Å². The van der Waals surface area contributed by atoms with E-state index in [1.54, 1.807) is 0 Å². The Labute approximate surface area is 125 Å². The van der Waals surface area contributed by atoms with E-state index in [0.29, 0.717) is 32.3 Å². The van der Waals surface area contributed by atoms with E-state index in [-0.39, 0.29) is 12.7 Å². The molecular weight excluding hydrogens is 281 g/mol. The van der Waals surface area contributed by atoms with Gasteiger partial charge in [0.05, 0.1) is 6.10 Å². The van der Waals surface area contributed by atoms with Crippen molar-refractivity contribution in [2.45, 2.75) is 70.1 Å². The molecule has 0 radical (unpaired) electrons. The number of alkyl halides is 3. The molecule has 2 saturated carbocycles. The summed E-state index contributed by atoms with van der Waals surface area (Å²) in [5, 5.41) is 9.05. The summed E-state index contributed by atoms with van der Waals surface area (Å²) in [6, 6.07) is 0. The molecule has 0 bridgehead atoms. The van der Waals surface area contributed by atoms with Crippen LogP contribution in [0.2, 0.25) is 0 Å². The van der Waals surface area contributed by atoms with Crippen molar-refractivity contribution < 1.29 is 23.0 Å². The van der Waals surface area contributed by atoms with E-state index in [4.69, 9.17) is 9.84 Å². The van der Waals surface area contributed by atoms with Gasteiger partial charge in [0.15, 0.2) is 0 Å². The molecule has 0 saturated heterocycles. The highest BCUT2D eigenvalue weighted by Crippen LogP contribution is 2.44. The molecule has 0 amide bonds. The van der Waals surface area contributed by atoms with Crippen molar-refractivity contribution in [3.8, 4) is 0 Å². The maximum absolute atomic E-state index is 14.4. The van der Waals surface area contributed by atoms with E-state index >= 15 is 0 Å². The number of halogens is 3. The molecule has 7 unspecified atom stereocenters. The summed E-state index contributed by atoms with van der Waals surface area (Å²) in [5.41, 5.74) is 0. The number of hydrogen-bond donors (Lipinski definition) is 1. The second-order valence-electron chi connectivity index (χ2n) is 6.56. The van der Waals surface area contributed by atoms with Crippen molar-refractivity contribution in [3.05, 3.63) is 0 Å². The predicted molar refractivity (Wildman–Crippen MR) is 75.4 cm³/mol. The van der Waals surface area contributed by atoms with Crippen molar-refractivity contribution in [2.24, 2.45) is 17.8 Å². The fraction of sp³-hybridized carbons (Fsp3) is 1.00. The third-order valence-electron chi connectivity index (χ3n) is 5.15. The number of hydrogen-bond acceptors (Lipinski definition) is 2. The lowest BCUT2D eigenvalue weighted by atomic mass is 9.68. The minimum absolute atomic E-state index is 0.0794. The summed E-state index contributed by atoms with van der Waals surface area (Å²) in [5.74, 6) is -1.58. The summed E-state index contributed by atoms with van der Waals surface area (Å²) in [7, 11) is 0. The Morgan fingerprint density at radius 1 is 1.00 bits per heavy atom. The summed E-state index contributed by atoms with van der Waals surface area (Å²) >= 11 is 0. The van der Waals surface area contributed by atoms with E-state index in [9.17, 15) is 13.2 Å². The molecule has 1 N–H and O–H groups in total. The van der Waals surface area contributed by atoms with E-state index in [1.165, 1.54) is 0 Å². The largest absolute Gasteiger partial charge is 0.396 e. The van der Waals surface area contributed by atoms with Crippen LogP contribution in [0.4, 0.5) is 13.2 Å². The molecule has 0 spiro atoms. The zero-order valence-electron chi connectivity index (χ0n) is 12.7. The fourth-order valence-electron chi connectivity index (χ4n) is 3.88. The smallest absolute Gasteiger partial charge is 0.136 e. The maximum atomic E-state index is 14.4. The molecule has 0 heterocycles. The molecule has 7 atom stereocenters. The molecule has 5 heteroatoms. The minimum atomic E-state index is -1.66. The van der Waals surface area contributed by atoms with E-state index in [1.807, 2.05) is 6.92 Å². The zero-order valence-corrected chi connectivity index (χ0v) is 12.7. The van der Waals surface area contributed by atoms with Gasteiger partial charge in [-0.1, -0.05) is 6.92 Å². The third-order valence-corrected chi connectivity index (χ3v) is 5.15. The number of ether oxygens (including phenoxy) is 1. The van der Waals surface area contributed by atoms with Crippen LogP contribution < -0.4 is 0 Å². The molecular formula is C16H27F3O2. The van der Waals surface area contributed by atoms with E-state index < -0.39 is 36.3 Å². The molecule has 0 aromatic rings. The Hall–Kier alpha value is -0.290. The average molecular weight is 308 g/mol. The van der Waals surface area contributed by atoms with Gasteiger partial charge in [0, 0.05) is 25.6 Å². The standard InChI is InChI=1S/C16H27F3O2/c1-2-7-21-11-4-6-12(14(17)8-11)13-5-3-10(9-20)15(18)16(13)19/h10-16,20H,2-9H2,1H3. The molecule has 2 fully saturated rings. The van der Waals surface area contributed by atoms with Gasteiger partial charge in [-0.25, -0.2) is 13.2 Å². The molecule has 0 aromatic carbocycles. The molecule has 2 aliphatic rings. The van der Waals surface area contributed by atoms with Gasteiger partial charge in [-0.2, -0.15) is 0 Å². The Balaban J connectivity index is 1.90. The molecule has 2 aliphatic carbocycles. The predicted octanol–water partition coefficient (Wildman–Crippen LogP) is 3.61. The van der Waals surface area contributed by atoms with Gasteiger partial charge in [0.1, 0.15) is 18.5 Å². The Kier molecular flexibility index (Phi) is 6.35. The highest BCUT2D eigenvalue weighted by Gasteiger charge is 2.46. The van der Waals surface area contributed by atoms with Crippen LogP contribution in [0.3, 0.4) is 0 Å². The first-order valence-electron chi connectivity index (χ1n) is 8.23. The average Bonchev–Trinajstić information content (AvgIpc) is 2.48. The number of aliphatic hydroxyl groups excluding tert-OH is 1. The topological polar surface area (TPSA) is 29.5 Å². The van der Waals surface area contributed by atoms with Gasteiger partial charge in [0.2, 0.25) is 0 Å².